The summed E-state index contributed by atoms with van der Waals surface area (Å²) < 4.78 is 26.9. The molecule has 0 amide bonds. The minimum atomic E-state index is -3.70. The second-order valence-corrected chi connectivity index (χ2v) is 6.47. The number of benzene rings is 2. The Morgan fingerprint density at radius 2 is 1.76 bits per heavy atom. The van der Waals surface area contributed by atoms with Crippen LogP contribution in [0.5, 0.6) is 0 Å². The SMILES string of the molecule is Cc1ccc(S(=O)(=O)NCc2ccccc2)cc1B(O)O. The van der Waals surface area contributed by atoms with Crippen molar-refractivity contribution < 1.29 is 18.5 Å². The fourth-order valence-electron chi connectivity index (χ4n) is 1.92. The summed E-state index contributed by atoms with van der Waals surface area (Å²) in [6.45, 7) is 1.86. The summed E-state index contributed by atoms with van der Waals surface area (Å²) in [6.07, 6.45) is 0. The first-order valence-corrected chi connectivity index (χ1v) is 7.89. The molecule has 0 aliphatic carbocycles. The third kappa shape index (κ3) is 3.92. The Hall–Kier alpha value is -1.67. The molecule has 0 aliphatic heterocycles. The van der Waals surface area contributed by atoms with E-state index < -0.39 is 17.1 Å². The molecule has 0 heterocycles. The lowest BCUT2D eigenvalue weighted by atomic mass is 9.77. The van der Waals surface area contributed by atoms with Gasteiger partial charge in [-0.05, 0) is 30.1 Å². The highest BCUT2D eigenvalue weighted by molar-refractivity contribution is 7.89. The monoisotopic (exact) mass is 305 g/mol. The van der Waals surface area contributed by atoms with E-state index >= 15 is 0 Å². The van der Waals surface area contributed by atoms with E-state index in [4.69, 9.17) is 0 Å². The van der Waals surface area contributed by atoms with Crippen LogP contribution in [0.15, 0.2) is 53.4 Å². The molecule has 7 heteroatoms. The van der Waals surface area contributed by atoms with Crippen LogP contribution in [0, 0.1) is 6.92 Å². The highest BCUT2D eigenvalue weighted by Crippen LogP contribution is 2.10. The van der Waals surface area contributed by atoms with Gasteiger partial charge < -0.3 is 10.0 Å². The molecule has 5 nitrogen and oxygen atoms in total. The first-order valence-electron chi connectivity index (χ1n) is 6.40. The Morgan fingerprint density at radius 3 is 2.38 bits per heavy atom. The summed E-state index contributed by atoms with van der Waals surface area (Å²) in [6, 6.07) is 13.4. The van der Waals surface area contributed by atoms with E-state index in [1.807, 2.05) is 30.3 Å². The molecule has 2 rings (SSSR count). The number of hydrogen-bond donors (Lipinski definition) is 3. The van der Waals surface area contributed by atoms with Gasteiger partial charge in [0.1, 0.15) is 0 Å². The van der Waals surface area contributed by atoms with Crippen LogP contribution in [-0.2, 0) is 16.6 Å². The maximum absolute atomic E-state index is 12.2. The van der Waals surface area contributed by atoms with Crippen molar-refractivity contribution in [1.29, 1.82) is 0 Å². The minimum Gasteiger partial charge on any atom is -0.423 e. The van der Waals surface area contributed by atoms with Crippen LogP contribution in [0.25, 0.3) is 0 Å². The molecule has 0 saturated carbocycles. The quantitative estimate of drug-likeness (QED) is 0.687. The van der Waals surface area contributed by atoms with Crippen molar-refractivity contribution in [2.75, 3.05) is 0 Å². The van der Waals surface area contributed by atoms with E-state index in [1.54, 1.807) is 13.0 Å². The number of rotatable bonds is 5. The third-order valence-electron chi connectivity index (χ3n) is 3.15. The molecule has 2 aromatic carbocycles. The molecule has 0 bridgehead atoms. The molecule has 0 fully saturated rings. The van der Waals surface area contributed by atoms with Gasteiger partial charge in [-0.2, -0.15) is 0 Å². The van der Waals surface area contributed by atoms with Crippen LogP contribution in [0.3, 0.4) is 0 Å². The van der Waals surface area contributed by atoms with Crippen molar-refractivity contribution >= 4 is 22.6 Å². The van der Waals surface area contributed by atoms with Gasteiger partial charge in [0.05, 0.1) is 4.90 Å². The summed E-state index contributed by atoms with van der Waals surface area (Å²) in [4.78, 5) is 0.00660. The zero-order valence-corrected chi connectivity index (χ0v) is 12.3. The smallest absolute Gasteiger partial charge is 0.423 e. The van der Waals surface area contributed by atoms with Crippen LogP contribution in [-0.4, -0.2) is 25.6 Å². The zero-order valence-electron chi connectivity index (χ0n) is 11.5. The summed E-state index contributed by atoms with van der Waals surface area (Å²) in [5.74, 6) is 0. The van der Waals surface area contributed by atoms with Gasteiger partial charge in [0.25, 0.3) is 0 Å². The Bertz CT molecular complexity index is 717. The van der Waals surface area contributed by atoms with Crippen molar-refractivity contribution in [3.05, 3.63) is 59.7 Å². The summed E-state index contributed by atoms with van der Waals surface area (Å²) >= 11 is 0. The molecule has 0 aromatic heterocycles. The molecule has 110 valence electrons. The van der Waals surface area contributed by atoms with Gasteiger partial charge in [-0.3, -0.25) is 0 Å². The number of aryl methyl sites for hydroxylation is 1. The second kappa shape index (κ2) is 6.40. The molecule has 0 saturated heterocycles. The number of nitrogens with one attached hydrogen (secondary N) is 1. The van der Waals surface area contributed by atoms with Gasteiger partial charge in [0, 0.05) is 6.54 Å². The maximum atomic E-state index is 12.2. The van der Waals surface area contributed by atoms with Gasteiger partial charge in [-0.15, -0.1) is 0 Å². The van der Waals surface area contributed by atoms with E-state index in [1.165, 1.54) is 12.1 Å². The molecule has 0 radical (unpaired) electrons. The molecule has 0 unspecified atom stereocenters. The summed E-state index contributed by atoms with van der Waals surface area (Å²) in [5, 5.41) is 18.5. The average molecular weight is 305 g/mol. The van der Waals surface area contributed by atoms with E-state index in [-0.39, 0.29) is 16.9 Å². The van der Waals surface area contributed by atoms with E-state index in [0.717, 1.165) is 5.56 Å². The third-order valence-corrected chi connectivity index (χ3v) is 4.55. The van der Waals surface area contributed by atoms with Crippen LogP contribution in [0.2, 0.25) is 0 Å². The Labute approximate surface area is 124 Å². The summed E-state index contributed by atoms with van der Waals surface area (Å²) in [7, 11) is -5.40. The zero-order chi connectivity index (χ0) is 15.5. The molecular weight excluding hydrogens is 289 g/mol. The fraction of sp³-hybridized carbons (Fsp3) is 0.143. The molecule has 0 aliphatic rings. The first kappa shape index (κ1) is 15.7. The predicted octanol–water partition coefficient (Wildman–Crippen LogP) is 0.153. The Balaban J connectivity index is 2.22. The normalized spacial score (nSPS) is 11.4. The highest BCUT2D eigenvalue weighted by Gasteiger charge is 2.19. The van der Waals surface area contributed by atoms with Gasteiger partial charge >= 0.3 is 7.12 Å². The largest absolute Gasteiger partial charge is 0.488 e. The molecule has 0 spiro atoms. The lowest BCUT2D eigenvalue weighted by Gasteiger charge is -2.10. The second-order valence-electron chi connectivity index (χ2n) is 4.70. The highest BCUT2D eigenvalue weighted by atomic mass is 32.2. The molecular formula is C14H16BNO4S. The molecule has 3 N–H and O–H groups in total. The predicted molar refractivity (Wildman–Crippen MR) is 81.5 cm³/mol. The van der Waals surface area contributed by atoms with Crippen molar-refractivity contribution in [3.63, 3.8) is 0 Å². The summed E-state index contributed by atoms with van der Waals surface area (Å²) in [5.41, 5.74) is 1.64. The van der Waals surface area contributed by atoms with Gasteiger partial charge in [0.15, 0.2) is 0 Å². The minimum absolute atomic E-state index is 0.00660. The number of sulfonamides is 1. The van der Waals surface area contributed by atoms with Gasteiger partial charge in [-0.25, -0.2) is 13.1 Å². The van der Waals surface area contributed by atoms with E-state index in [0.29, 0.717) is 5.56 Å². The Morgan fingerprint density at radius 1 is 1.10 bits per heavy atom. The van der Waals surface area contributed by atoms with Gasteiger partial charge in [0.2, 0.25) is 10.0 Å². The molecule has 0 atom stereocenters. The van der Waals surface area contributed by atoms with Gasteiger partial charge in [-0.1, -0.05) is 42.0 Å². The molecule has 2 aromatic rings. The van der Waals surface area contributed by atoms with Crippen LogP contribution >= 0.6 is 0 Å². The van der Waals surface area contributed by atoms with Crippen LogP contribution < -0.4 is 10.2 Å². The lowest BCUT2D eigenvalue weighted by molar-refractivity contribution is 0.425. The average Bonchev–Trinajstić information content (AvgIpc) is 2.46. The van der Waals surface area contributed by atoms with E-state index in [2.05, 4.69) is 4.72 Å². The first-order chi connectivity index (χ1) is 9.90. The maximum Gasteiger partial charge on any atom is 0.488 e. The van der Waals surface area contributed by atoms with Crippen LogP contribution in [0.4, 0.5) is 0 Å². The van der Waals surface area contributed by atoms with E-state index in [9.17, 15) is 18.5 Å². The van der Waals surface area contributed by atoms with Crippen molar-refractivity contribution in [2.45, 2.75) is 18.4 Å². The molecule has 21 heavy (non-hydrogen) atoms. The topological polar surface area (TPSA) is 86.6 Å². The van der Waals surface area contributed by atoms with Crippen molar-refractivity contribution in [3.8, 4) is 0 Å². The van der Waals surface area contributed by atoms with Crippen molar-refractivity contribution in [2.24, 2.45) is 0 Å². The lowest BCUT2D eigenvalue weighted by Crippen LogP contribution is -2.33. The Kier molecular flexibility index (Phi) is 4.79. The standard InChI is InChI=1S/C14H16BNO4S/c1-11-7-8-13(9-14(11)15(17)18)21(19,20)16-10-12-5-3-2-4-6-12/h2-9,16-18H,10H2,1H3. The van der Waals surface area contributed by atoms with Crippen LogP contribution in [0.1, 0.15) is 11.1 Å². The van der Waals surface area contributed by atoms with Crippen molar-refractivity contribution in [1.82, 2.24) is 4.72 Å². The number of hydrogen-bond acceptors (Lipinski definition) is 4. The fourth-order valence-corrected chi connectivity index (χ4v) is 2.97.